The summed E-state index contributed by atoms with van der Waals surface area (Å²) in [6.45, 7) is 1.34. The van der Waals surface area contributed by atoms with Gasteiger partial charge in [-0.05, 0) is 71.3 Å². The van der Waals surface area contributed by atoms with Crippen LogP contribution >= 0.6 is 0 Å². The number of methoxy groups -OCH3 is 3. The van der Waals surface area contributed by atoms with Gasteiger partial charge in [0.15, 0.2) is 11.5 Å². The molecule has 0 saturated heterocycles. The fourth-order valence-corrected chi connectivity index (χ4v) is 5.57. The summed E-state index contributed by atoms with van der Waals surface area (Å²) >= 11 is 0. The minimum absolute atomic E-state index is 0.116. The third-order valence-electron chi connectivity index (χ3n) is 7.53. The molecule has 1 aliphatic carbocycles. The maximum absolute atomic E-state index is 13.5. The molecule has 3 N–H and O–H groups in total. The first-order chi connectivity index (χ1) is 20.2. The number of fused-ring (bicyclic) bond motifs is 4. The summed E-state index contributed by atoms with van der Waals surface area (Å²) in [5, 5.41) is 9.95. The highest BCUT2D eigenvalue weighted by molar-refractivity contribution is 5.96. The molecule has 0 radical (unpaired) electrons. The number of nitrogens with one attached hydrogen (secondary N) is 3. The Balaban J connectivity index is 1.51. The number of carbonyl (C=O) groups is 2. The van der Waals surface area contributed by atoms with Crippen LogP contribution in [0.15, 0.2) is 59.5 Å². The number of anilines is 2. The van der Waals surface area contributed by atoms with Crippen LogP contribution in [-0.2, 0) is 23.1 Å². The third kappa shape index (κ3) is 5.47. The Morgan fingerprint density at radius 1 is 0.976 bits per heavy atom. The number of benzene rings is 2. The normalized spacial score (nSPS) is 13.8. The van der Waals surface area contributed by atoms with Crippen LogP contribution in [0.4, 0.5) is 11.4 Å². The van der Waals surface area contributed by atoms with Crippen molar-refractivity contribution in [2.24, 2.45) is 7.05 Å². The minimum Gasteiger partial charge on any atom is -0.493 e. The van der Waals surface area contributed by atoms with Crippen LogP contribution in [0.5, 0.6) is 17.2 Å². The van der Waals surface area contributed by atoms with Gasteiger partial charge in [-0.15, -0.1) is 0 Å². The van der Waals surface area contributed by atoms with E-state index in [0.717, 1.165) is 22.0 Å². The fourth-order valence-electron chi connectivity index (χ4n) is 5.57. The summed E-state index contributed by atoms with van der Waals surface area (Å²) in [5.74, 6) is 0.925. The van der Waals surface area contributed by atoms with Crippen LogP contribution in [0, 0.1) is 0 Å². The zero-order valence-corrected chi connectivity index (χ0v) is 24.3. The monoisotopic (exact) mass is 570 g/mol. The summed E-state index contributed by atoms with van der Waals surface area (Å²) in [6, 6.07) is 14.2. The van der Waals surface area contributed by atoms with E-state index in [1.807, 2.05) is 54.2 Å². The van der Waals surface area contributed by atoms with E-state index in [1.54, 1.807) is 20.3 Å². The van der Waals surface area contributed by atoms with E-state index in [9.17, 15) is 14.4 Å². The molecular formula is C32H34N4O6. The molecule has 4 aromatic rings. The SMILES string of the molecule is COc1cc2c(c(OC)c1OC)-c1ccc(NCC(=O)Nc3ccc4ccn(C)c4c3)c(=O)cc1[C@@H](NC(C)=O)CC2. The summed E-state index contributed by atoms with van der Waals surface area (Å²) in [7, 11) is 6.60. The second-order valence-corrected chi connectivity index (χ2v) is 10.2. The molecule has 1 atom stereocenters. The number of hydrogen-bond donors (Lipinski definition) is 3. The zero-order valence-electron chi connectivity index (χ0n) is 24.3. The van der Waals surface area contributed by atoms with Gasteiger partial charge in [0.05, 0.1) is 39.6 Å². The molecule has 0 saturated carbocycles. The summed E-state index contributed by atoms with van der Waals surface area (Å²) in [4.78, 5) is 38.4. The zero-order chi connectivity index (χ0) is 30.0. The van der Waals surface area contributed by atoms with E-state index in [2.05, 4.69) is 16.0 Å². The van der Waals surface area contributed by atoms with Crippen molar-refractivity contribution in [1.82, 2.24) is 9.88 Å². The highest BCUT2D eigenvalue weighted by atomic mass is 16.5. The van der Waals surface area contributed by atoms with Crippen molar-refractivity contribution >= 4 is 34.1 Å². The van der Waals surface area contributed by atoms with E-state index in [1.165, 1.54) is 20.1 Å². The first-order valence-corrected chi connectivity index (χ1v) is 13.6. The lowest BCUT2D eigenvalue weighted by Gasteiger charge is -2.19. The van der Waals surface area contributed by atoms with Crippen molar-refractivity contribution in [2.75, 3.05) is 38.5 Å². The first-order valence-electron chi connectivity index (χ1n) is 13.6. The van der Waals surface area contributed by atoms with Crippen molar-refractivity contribution in [3.8, 4) is 28.4 Å². The third-order valence-corrected chi connectivity index (χ3v) is 7.53. The summed E-state index contributed by atoms with van der Waals surface area (Å²) in [5.41, 5.74) is 4.64. The maximum Gasteiger partial charge on any atom is 0.243 e. The van der Waals surface area contributed by atoms with Gasteiger partial charge in [-0.1, -0.05) is 12.1 Å². The quantitative estimate of drug-likeness (QED) is 0.287. The maximum atomic E-state index is 13.5. The second-order valence-electron chi connectivity index (χ2n) is 10.2. The highest BCUT2D eigenvalue weighted by Crippen LogP contribution is 2.50. The number of hydrogen-bond acceptors (Lipinski definition) is 7. The first kappa shape index (κ1) is 28.5. The van der Waals surface area contributed by atoms with Gasteiger partial charge in [0.25, 0.3) is 0 Å². The molecule has 1 heterocycles. The van der Waals surface area contributed by atoms with Gasteiger partial charge < -0.3 is 34.7 Å². The largest absolute Gasteiger partial charge is 0.493 e. The lowest BCUT2D eigenvalue weighted by Crippen LogP contribution is -2.27. The molecule has 0 bridgehead atoms. The molecule has 42 heavy (non-hydrogen) atoms. The lowest BCUT2D eigenvalue weighted by molar-refractivity contribution is -0.119. The molecule has 0 spiro atoms. The van der Waals surface area contributed by atoms with Crippen molar-refractivity contribution in [2.45, 2.75) is 25.8 Å². The van der Waals surface area contributed by atoms with Crippen LogP contribution in [0.1, 0.15) is 30.5 Å². The molecule has 10 nitrogen and oxygen atoms in total. The van der Waals surface area contributed by atoms with E-state index >= 15 is 0 Å². The van der Waals surface area contributed by atoms with Gasteiger partial charge in [-0.2, -0.15) is 0 Å². The molecule has 10 heteroatoms. The summed E-state index contributed by atoms with van der Waals surface area (Å²) in [6.07, 6.45) is 3.11. The Bertz CT molecular complexity index is 1750. The molecule has 218 valence electrons. The van der Waals surface area contributed by atoms with Crippen LogP contribution in [0.3, 0.4) is 0 Å². The lowest BCUT2D eigenvalue weighted by atomic mass is 9.95. The number of amides is 2. The number of ether oxygens (including phenoxy) is 3. The topological polar surface area (TPSA) is 120 Å². The van der Waals surface area contributed by atoms with E-state index in [0.29, 0.717) is 46.9 Å². The molecule has 0 fully saturated rings. The molecule has 1 aromatic heterocycles. The Morgan fingerprint density at radius 2 is 1.76 bits per heavy atom. The second kappa shape index (κ2) is 11.9. The average molecular weight is 571 g/mol. The van der Waals surface area contributed by atoms with Crippen molar-refractivity contribution in [3.63, 3.8) is 0 Å². The molecule has 3 aromatic carbocycles. The molecule has 5 rings (SSSR count). The van der Waals surface area contributed by atoms with Crippen LogP contribution < -0.4 is 35.6 Å². The van der Waals surface area contributed by atoms with Crippen LogP contribution in [0.2, 0.25) is 0 Å². The van der Waals surface area contributed by atoms with Gasteiger partial charge in [0, 0.05) is 36.9 Å². The molecule has 0 aliphatic heterocycles. The number of aromatic nitrogens is 1. The van der Waals surface area contributed by atoms with Gasteiger partial charge in [-0.25, -0.2) is 0 Å². The van der Waals surface area contributed by atoms with Gasteiger partial charge in [0.2, 0.25) is 23.0 Å². The number of rotatable bonds is 8. The van der Waals surface area contributed by atoms with Gasteiger partial charge in [-0.3, -0.25) is 14.4 Å². The predicted octanol–water partition coefficient (Wildman–Crippen LogP) is 4.41. The van der Waals surface area contributed by atoms with Crippen LogP contribution in [-0.4, -0.2) is 44.3 Å². The van der Waals surface area contributed by atoms with Crippen molar-refractivity contribution in [1.29, 1.82) is 0 Å². The number of nitrogens with zero attached hydrogens (tertiary/aromatic N) is 1. The van der Waals surface area contributed by atoms with Gasteiger partial charge in [0.1, 0.15) is 0 Å². The van der Waals surface area contributed by atoms with E-state index in [4.69, 9.17) is 14.2 Å². The Labute approximate surface area is 243 Å². The van der Waals surface area contributed by atoms with E-state index < -0.39 is 6.04 Å². The van der Waals surface area contributed by atoms with Crippen molar-refractivity contribution in [3.05, 3.63) is 76.1 Å². The Kier molecular flexibility index (Phi) is 8.06. The molecule has 0 unspecified atom stereocenters. The Morgan fingerprint density at radius 3 is 2.48 bits per heavy atom. The summed E-state index contributed by atoms with van der Waals surface area (Å²) < 4.78 is 19.0. The smallest absolute Gasteiger partial charge is 0.243 e. The number of aryl methyl sites for hydroxylation is 2. The number of carbonyl (C=O) groups excluding carboxylic acids is 2. The Hall–Kier alpha value is -4.99. The molecule has 2 amide bonds. The van der Waals surface area contributed by atoms with E-state index in [-0.39, 0.29) is 29.5 Å². The van der Waals surface area contributed by atoms with Gasteiger partial charge >= 0.3 is 0 Å². The standard InChI is InChI=1S/C32H34N4O6/c1-18(37)34-24-10-7-20-14-28(40-3)31(41-4)32(42-5)30(20)22-9-11-25(27(38)16-23(22)24)33-17-29(39)35-21-8-6-19-12-13-36(2)26(19)15-21/h6,8-9,11-16,24H,7,10,17H2,1-5H3,(H,33,38)(H,34,37)(H,35,39)/t24-/m0/s1. The fraction of sp³-hybridized carbons (Fsp3) is 0.281. The average Bonchev–Trinajstić information content (AvgIpc) is 3.17. The highest BCUT2D eigenvalue weighted by Gasteiger charge is 2.29. The molecule has 1 aliphatic rings. The predicted molar refractivity (Wildman–Crippen MR) is 163 cm³/mol. The molecular weight excluding hydrogens is 536 g/mol. The van der Waals surface area contributed by atoms with Crippen LogP contribution in [0.25, 0.3) is 22.0 Å². The minimum atomic E-state index is -0.421. The van der Waals surface area contributed by atoms with Crippen molar-refractivity contribution < 1.29 is 23.8 Å².